The molecule has 0 aliphatic rings. The van der Waals surface area contributed by atoms with E-state index in [0.717, 1.165) is 17.7 Å². The van der Waals surface area contributed by atoms with E-state index in [1.165, 1.54) is 6.20 Å². The van der Waals surface area contributed by atoms with Crippen LogP contribution < -0.4 is 11.1 Å². The molecule has 1 amide bonds. The highest BCUT2D eigenvalue weighted by Crippen LogP contribution is 2.18. The number of rotatable bonds is 2. The van der Waals surface area contributed by atoms with Gasteiger partial charge in [-0.05, 0) is 30.7 Å². The topological polar surface area (TPSA) is 68.0 Å². The Morgan fingerprint density at radius 2 is 1.95 bits per heavy atom. The lowest BCUT2D eigenvalue weighted by Gasteiger charge is -2.08. The van der Waals surface area contributed by atoms with Crippen molar-refractivity contribution in [2.45, 2.75) is 6.92 Å². The van der Waals surface area contributed by atoms with Gasteiger partial charge in [-0.2, -0.15) is 0 Å². The van der Waals surface area contributed by atoms with Crippen molar-refractivity contribution in [2.24, 2.45) is 0 Å². The number of nitrogens with one attached hydrogen (secondary N) is 1. The number of amides is 1. The molecular formula is C13H11F2N3O. The molecule has 0 unspecified atom stereocenters. The second-order valence-corrected chi connectivity index (χ2v) is 3.98. The largest absolute Gasteiger partial charge is 0.394 e. The summed E-state index contributed by atoms with van der Waals surface area (Å²) >= 11 is 0. The smallest absolute Gasteiger partial charge is 0.257 e. The Kier molecular flexibility index (Phi) is 3.41. The second kappa shape index (κ2) is 5.01. The van der Waals surface area contributed by atoms with Gasteiger partial charge in [-0.15, -0.1) is 0 Å². The summed E-state index contributed by atoms with van der Waals surface area (Å²) in [6.07, 6.45) is 1.51. The van der Waals surface area contributed by atoms with Crippen LogP contribution in [0.15, 0.2) is 30.5 Å². The van der Waals surface area contributed by atoms with Crippen molar-refractivity contribution in [3.8, 4) is 0 Å². The summed E-state index contributed by atoms with van der Waals surface area (Å²) < 4.78 is 26.5. The van der Waals surface area contributed by atoms with Crippen LogP contribution in [0.25, 0.3) is 0 Å². The first kappa shape index (κ1) is 12.9. The van der Waals surface area contributed by atoms with Gasteiger partial charge in [-0.1, -0.05) is 6.07 Å². The highest BCUT2D eigenvalue weighted by Gasteiger charge is 2.14. The lowest BCUT2D eigenvalue weighted by molar-refractivity contribution is 0.102. The fourth-order valence-electron chi connectivity index (χ4n) is 1.51. The molecule has 19 heavy (non-hydrogen) atoms. The van der Waals surface area contributed by atoms with Gasteiger partial charge < -0.3 is 11.1 Å². The van der Waals surface area contributed by atoms with E-state index in [1.807, 2.05) is 0 Å². The quantitative estimate of drug-likeness (QED) is 0.818. The predicted molar refractivity (Wildman–Crippen MR) is 67.7 cm³/mol. The van der Waals surface area contributed by atoms with Gasteiger partial charge in [0.05, 0.1) is 0 Å². The molecule has 1 aromatic heterocycles. The lowest BCUT2D eigenvalue weighted by Crippen LogP contribution is -2.15. The van der Waals surface area contributed by atoms with Crippen LogP contribution in [0, 0.1) is 18.6 Å². The fourth-order valence-corrected chi connectivity index (χ4v) is 1.51. The van der Waals surface area contributed by atoms with E-state index in [9.17, 15) is 13.6 Å². The van der Waals surface area contributed by atoms with Crippen LogP contribution in [-0.4, -0.2) is 10.9 Å². The van der Waals surface area contributed by atoms with Crippen LogP contribution in [0.5, 0.6) is 0 Å². The molecule has 0 fully saturated rings. The minimum Gasteiger partial charge on any atom is -0.394 e. The third-order valence-electron chi connectivity index (χ3n) is 2.58. The van der Waals surface area contributed by atoms with Gasteiger partial charge in [-0.25, -0.2) is 13.8 Å². The fraction of sp³-hybridized carbons (Fsp3) is 0.0769. The number of nitrogens with zero attached hydrogens (tertiary/aromatic N) is 1. The first-order valence-electron chi connectivity index (χ1n) is 5.46. The average Bonchev–Trinajstić information content (AvgIpc) is 2.38. The monoisotopic (exact) mass is 263 g/mol. The van der Waals surface area contributed by atoms with Crippen molar-refractivity contribution in [3.63, 3.8) is 0 Å². The molecule has 2 aromatic rings. The minimum atomic E-state index is -0.970. The van der Waals surface area contributed by atoms with Crippen molar-refractivity contribution in [2.75, 3.05) is 11.1 Å². The van der Waals surface area contributed by atoms with E-state index in [-0.39, 0.29) is 5.56 Å². The molecule has 3 N–H and O–H groups in total. The highest BCUT2D eigenvalue weighted by molar-refractivity contribution is 6.04. The summed E-state index contributed by atoms with van der Waals surface area (Å²) in [5.74, 6) is -2.25. The standard InChI is InChI=1S/C13H11F2N3O/c1-7-3-2-4-17-12(7)18-13(19)8-5-9(14)11(16)10(15)6-8/h2-6H,16H2,1H3,(H,17,18,19). The maximum absolute atomic E-state index is 13.3. The van der Waals surface area contributed by atoms with Crippen molar-refractivity contribution < 1.29 is 13.6 Å². The Hall–Kier alpha value is -2.50. The van der Waals surface area contributed by atoms with E-state index in [4.69, 9.17) is 5.73 Å². The molecule has 0 aliphatic carbocycles. The third-order valence-corrected chi connectivity index (χ3v) is 2.58. The molecule has 0 bridgehead atoms. The number of nitrogens with two attached hydrogens (primary N) is 1. The van der Waals surface area contributed by atoms with Crippen LogP contribution in [0.2, 0.25) is 0 Å². The molecule has 1 aromatic carbocycles. The Balaban J connectivity index is 2.28. The molecule has 1 heterocycles. The van der Waals surface area contributed by atoms with Crippen LogP contribution in [0.4, 0.5) is 20.3 Å². The van der Waals surface area contributed by atoms with Crippen LogP contribution in [0.1, 0.15) is 15.9 Å². The minimum absolute atomic E-state index is 0.158. The van der Waals surface area contributed by atoms with Gasteiger partial charge in [0.15, 0.2) is 0 Å². The van der Waals surface area contributed by atoms with Crippen molar-refractivity contribution in [3.05, 3.63) is 53.2 Å². The number of nitrogen functional groups attached to an aromatic ring is 1. The number of aryl methyl sites for hydroxylation is 1. The number of hydrogen-bond donors (Lipinski definition) is 2. The van der Waals surface area contributed by atoms with Crippen LogP contribution >= 0.6 is 0 Å². The first-order chi connectivity index (χ1) is 8.99. The molecule has 98 valence electrons. The second-order valence-electron chi connectivity index (χ2n) is 3.98. The molecular weight excluding hydrogens is 252 g/mol. The number of carbonyl (C=O) groups excluding carboxylic acids is 1. The van der Waals surface area contributed by atoms with E-state index in [0.29, 0.717) is 5.82 Å². The molecule has 0 atom stereocenters. The van der Waals surface area contributed by atoms with Gasteiger partial charge in [0.1, 0.15) is 23.1 Å². The maximum atomic E-state index is 13.3. The summed E-state index contributed by atoms with van der Waals surface area (Å²) in [5, 5.41) is 2.48. The van der Waals surface area contributed by atoms with E-state index >= 15 is 0 Å². The Labute approximate surface area is 108 Å². The summed E-state index contributed by atoms with van der Waals surface area (Å²) in [7, 11) is 0. The number of aromatic nitrogens is 1. The molecule has 0 saturated carbocycles. The van der Waals surface area contributed by atoms with Gasteiger partial charge in [0, 0.05) is 11.8 Å². The third kappa shape index (κ3) is 2.67. The number of benzene rings is 1. The maximum Gasteiger partial charge on any atom is 0.257 e. The first-order valence-corrected chi connectivity index (χ1v) is 5.46. The van der Waals surface area contributed by atoms with Crippen molar-refractivity contribution in [1.82, 2.24) is 4.98 Å². The van der Waals surface area contributed by atoms with Gasteiger partial charge in [-0.3, -0.25) is 4.79 Å². The summed E-state index contributed by atoms with van der Waals surface area (Å²) in [4.78, 5) is 15.8. The van der Waals surface area contributed by atoms with E-state index in [1.54, 1.807) is 19.1 Å². The zero-order valence-corrected chi connectivity index (χ0v) is 10.1. The molecule has 4 nitrogen and oxygen atoms in total. The summed E-state index contributed by atoms with van der Waals surface area (Å²) in [5.41, 5.74) is 5.11. The Morgan fingerprint density at radius 3 is 2.53 bits per heavy atom. The van der Waals surface area contributed by atoms with Crippen LogP contribution in [0.3, 0.4) is 0 Å². The van der Waals surface area contributed by atoms with Gasteiger partial charge in [0.25, 0.3) is 5.91 Å². The summed E-state index contributed by atoms with van der Waals surface area (Å²) in [6.45, 7) is 1.76. The predicted octanol–water partition coefficient (Wildman–Crippen LogP) is 2.50. The Morgan fingerprint density at radius 1 is 1.32 bits per heavy atom. The number of pyridine rings is 1. The molecule has 0 saturated heterocycles. The van der Waals surface area contributed by atoms with Gasteiger partial charge in [0.2, 0.25) is 0 Å². The summed E-state index contributed by atoms with van der Waals surface area (Å²) in [6, 6.07) is 5.23. The molecule has 0 spiro atoms. The van der Waals surface area contributed by atoms with Crippen molar-refractivity contribution in [1.29, 1.82) is 0 Å². The normalized spacial score (nSPS) is 10.3. The van der Waals surface area contributed by atoms with E-state index < -0.39 is 23.2 Å². The number of halogens is 2. The van der Waals surface area contributed by atoms with Crippen LogP contribution in [-0.2, 0) is 0 Å². The molecule has 2 rings (SSSR count). The zero-order valence-electron chi connectivity index (χ0n) is 10.1. The molecule has 0 aliphatic heterocycles. The number of anilines is 2. The van der Waals surface area contributed by atoms with Crippen molar-refractivity contribution >= 4 is 17.4 Å². The van der Waals surface area contributed by atoms with Gasteiger partial charge >= 0.3 is 0 Å². The SMILES string of the molecule is Cc1cccnc1NC(=O)c1cc(F)c(N)c(F)c1. The number of carbonyl (C=O) groups is 1. The van der Waals surface area contributed by atoms with E-state index in [2.05, 4.69) is 10.3 Å². The zero-order chi connectivity index (χ0) is 14.0. The molecule has 0 radical (unpaired) electrons. The number of hydrogen-bond acceptors (Lipinski definition) is 3. The lowest BCUT2D eigenvalue weighted by atomic mass is 10.1. The Bertz CT molecular complexity index is 621. The average molecular weight is 263 g/mol. The highest BCUT2D eigenvalue weighted by atomic mass is 19.1. The molecule has 6 heteroatoms.